The first-order valence-electron chi connectivity index (χ1n) is 12.1. The molecule has 2 aliphatic rings. The van der Waals surface area contributed by atoms with Crippen molar-refractivity contribution >= 4 is 11.8 Å². The van der Waals surface area contributed by atoms with Crippen LogP contribution < -0.4 is 10.1 Å². The van der Waals surface area contributed by atoms with Gasteiger partial charge in [0.2, 0.25) is 11.8 Å². The molecule has 0 spiro atoms. The summed E-state index contributed by atoms with van der Waals surface area (Å²) in [7, 11) is 1.63. The molecule has 6 heteroatoms. The third kappa shape index (κ3) is 6.57. The third-order valence-corrected chi connectivity index (χ3v) is 6.71. The molecule has 6 nitrogen and oxygen atoms in total. The number of rotatable bonds is 8. The standard InChI is InChI=1S/C27H35N3O3/c1-33-25-12-10-23(11-13-25)19-30-20-24(16-26(30)31)27(32)28-17-21-6-8-22(9-7-21)18-29-14-4-2-3-5-15-29/h6-13,24H,2-5,14-20H2,1H3,(H,28,32). The van der Waals surface area contributed by atoms with Crippen molar-refractivity contribution in [3.63, 3.8) is 0 Å². The average Bonchev–Trinajstić information content (AvgIpc) is 3.03. The van der Waals surface area contributed by atoms with E-state index in [1.807, 2.05) is 24.3 Å². The molecule has 33 heavy (non-hydrogen) atoms. The first kappa shape index (κ1) is 23.3. The number of methoxy groups -OCH3 is 1. The number of nitrogens with one attached hydrogen (secondary N) is 1. The van der Waals surface area contributed by atoms with Gasteiger partial charge < -0.3 is 15.0 Å². The van der Waals surface area contributed by atoms with Crippen molar-refractivity contribution in [1.82, 2.24) is 15.1 Å². The Morgan fingerprint density at radius 1 is 0.909 bits per heavy atom. The van der Waals surface area contributed by atoms with Crippen LogP contribution in [-0.2, 0) is 29.2 Å². The molecular formula is C27H35N3O3. The van der Waals surface area contributed by atoms with Crippen molar-refractivity contribution in [3.05, 3.63) is 65.2 Å². The predicted octanol–water partition coefficient (Wildman–Crippen LogP) is 3.74. The van der Waals surface area contributed by atoms with Crippen LogP contribution in [-0.4, -0.2) is 48.4 Å². The Hall–Kier alpha value is -2.86. The lowest BCUT2D eigenvalue weighted by Gasteiger charge is -2.20. The van der Waals surface area contributed by atoms with Crippen molar-refractivity contribution in [1.29, 1.82) is 0 Å². The molecule has 2 amide bonds. The van der Waals surface area contributed by atoms with Crippen LogP contribution >= 0.6 is 0 Å². The zero-order valence-electron chi connectivity index (χ0n) is 19.6. The average molecular weight is 450 g/mol. The van der Waals surface area contributed by atoms with E-state index in [4.69, 9.17) is 4.74 Å². The molecule has 4 rings (SSSR count). The molecule has 2 aliphatic heterocycles. The van der Waals surface area contributed by atoms with Gasteiger partial charge in [-0.1, -0.05) is 49.2 Å². The van der Waals surface area contributed by atoms with E-state index in [2.05, 4.69) is 34.5 Å². The van der Waals surface area contributed by atoms with Crippen LogP contribution in [0, 0.1) is 5.92 Å². The molecule has 1 atom stereocenters. The number of ether oxygens (including phenoxy) is 1. The number of carbonyl (C=O) groups is 2. The molecule has 1 N–H and O–H groups in total. The lowest BCUT2D eigenvalue weighted by molar-refractivity contribution is -0.129. The second kappa shape index (κ2) is 11.3. The van der Waals surface area contributed by atoms with Crippen molar-refractivity contribution in [2.45, 2.75) is 51.7 Å². The maximum absolute atomic E-state index is 12.7. The molecule has 2 saturated heterocycles. The molecule has 0 saturated carbocycles. The normalized spacial score (nSPS) is 19.4. The van der Waals surface area contributed by atoms with Crippen LogP contribution in [0.15, 0.2) is 48.5 Å². The Morgan fingerprint density at radius 3 is 2.18 bits per heavy atom. The highest BCUT2D eigenvalue weighted by atomic mass is 16.5. The van der Waals surface area contributed by atoms with Gasteiger partial charge in [-0.15, -0.1) is 0 Å². The van der Waals surface area contributed by atoms with Crippen molar-refractivity contribution in [2.75, 3.05) is 26.7 Å². The van der Waals surface area contributed by atoms with Crippen LogP contribution in [0.2, 0.25) is 0 Å². The van der Waals surface area contributed by atoms with Gasteiger partial charge in [-0.05, 0) is 54.8 Å². The maximum atomic E-state index is 12.7. The van der Waals surface area contributed by atoms with Crippen LogP contribution in [0.5, 0.6) is 5.75 Å². The first-order valence-corrected chi connectivity index (χ1v) is 12.1. The largest absolute Gasteiger partial charge is 0.497 e. The second-order valence-electron chi connectivity index (χ2n) is 9.25. The highest BCUT2D eigenvalue weighted by Gasteiger charge is 2.34. The summed E-state index contributed by atoms with van der Waals surface area (Å²) in [6.45, 7) is 4.85. The Labute approximate surface area is 196 Å². The van der Waals surface area contributed by atoms with Crippen molar-refractivity contribution in [2.24, 2.45) is 5.92 Å². The highest BCUT2D eigenvalue weighted by molar-refractivity contribution is 5.89. The summed E-state index contributed by atoms with van der Waals surface area (Å²) in [5.74, 6) is 0.481. The van der Waals surface area contributed by atoms with E-state index >= 15 is 0 Å². The summed E-state index contributed by atoms with van der Waals surface area (Å²) < 4.78 is 5.18. The zero-order valence-corrected chi connectivity index (χ0v) is 19.6. The van der Waals surface area contributed by atoms with Gasteiger partial charge >= 0.3 is 0 Å². The van der Waals surface area contributed by atoms with Gasteiger partial charge in [0.1, 0.15) is 5.75 Å². The minimum absolute atomic E-state index is 0.0313. The quantitative estimate of drug-likeness (QED) is 0.667. The molecule has 176 valence electrons. The molecule has 2 aromatic carbocycles. The van der Waals surface area contributed by atoms with Gasteiger partial charge in [0.15, 0.2) is 0 Å². The van der Waals surface area contributed by atoms with Gasteiger partial charge in [-0.25, -0.2) is 0 Å². The van der Waals surface area contributed by atoms with E-state index in [9.17, 15) is 9.59 Å². The predicted molar refractivity (Wildman–Crippen MR) is 129 cm³/mol. The van der Waals surface area contributed by atoms with Gasteiger partial charge in [-0.3, -0.25) is 14.5 Å². The minimum atomic E-state index is -0.293. The van der Waals surface area contributed by atoms with Gasteiger partial charge in [0.05, 0.1) is 13.0 Å². The van der Waals surface area contributed by atoms with Crippen LogP contribution in [0.1, 0.15) is 48.8 Å². The molecule has 0 aliphatic carbocycles. The molecule has 2 aromatic rings. The van der Waals surface area contributed by atoms with Crippen LogP contribution in [0.3, 0.4) is 0 Å². The summed E-state index contributed by atoms with van der Waals surface area (Å²) in [5.41, 5.74) is 3.44. The van der Waals surface area contributed by atoms with Crippen LogP contribution in [0.25, 0.3) is 0 Å². The molecule has 0 bridgehead atoms. The zero-order chi connectivity index (χ0) is 23.0. The van der Waals surface area contributed by atoms with E-state index in [1.165, 1.54) is 44.3 Å². The lowest BCUT2D eigenvalue weighted by Crippen LogP contribution is -2.32. The maximum Gasteiger partial charge on any atom is 0.225 e. The smallest absolute Gasteiger partial charge is 0.225 e. The fourth-order valence-electron chi connectivity index (χ4n) is 4.70. The minimum Gasteiger partial charge on any atom is -0.497 e. The fraction of sp³-hybridized carbons (Fsp3) is 0.481. The fourth-order valence-corrected chi connectivity index (χ4v) is 4.70. The van der Waals surface area contributed by atoms with Crippen molar-refractivity contribution in [3.8, 4) is 5.75 Å². The monoisotopic (exact) mass is 449 g/mol. The van der Waals surface area contributed by atoms with E-state index in [-0.39, 0.29) is 24.2 Å². The summed E-state index contributed by atoms with van der Waals surface area (Å²) in [5, 5.41) is 3.03. The Balaban J connectivity index is 1.23. The van der Waals surface area contributed by atoms with E-state index in [0.717, 1.165) is 23.4 Å². The third-order valence-electron chi connectivity index (χ3n) is 6.71. The Bertz CT molecular complexity index is 919. The number of hydrogen-bond donors (Lipinski definition) is 1. The second-order valence-corrected chi connectivity index (χ2v) is 9.25. The number of amides is 2. The lowest BCUT2D eigenvalue weighted by atomic mass is 10.1. The number of hydrogen-bond acceptors (Lipinski definition) is 4. The summed E-state index contributed by atoms with van der Waals surface area (Å²) in [6.07, 6.45) is 5.56. The number of benzene rings is 2. The van der Waals surface area contributed by atoms with E-state index in [1.54, 1.807) is 12.0 Å². The topological polar surface area (TPSA) is 61.9 Å². The molecule has 2 fully saturated rings. The molecular weight excluding hydrogens is 414 g/mol. The summed E-state index contributed by atoms with van der Waals surface area (Å²) in [6, 6.07) is 16.2. The Morgan fingerprint density at radius 2 is 1.52 bits per heavy atom. The summed E-state index contributed by atoms with van der Waals surface area (Å²) in [4.78, 5) is 29.4. The van der Waals surface area contributed by atoms with E-state index in [0.29, 0.717) is 19.6 Å². The molecule has 2 heterocycles. The van der Waals surface area contributed by atoms with Crippen molar-refractivity contribution < 1.29 is 14.3 Å². The van der Waals surface area contributed by atoms with Gasteiger partial charge in [0, 0.05) is 32.6 Å². The molecule has 0 radical (unpaired) electrons. The molecule has 0 aromatic heterocycles. The number of carbonyl (C=O) groups excluding carboxylic acids is 2. The molecule has 1 unspecified atom stereocenters. The van der Waals surface area contributed by atoms with Gasteiger partial charge in [-0.2, -0.15) is 0 Å². The van der Waals surface area contributed by atoms with Crippen LogP contribution in [0.4, 0.5) is 0 Å². The number of nitrogens with zero attached hydrogens (tertiary/aromatic N) is 2. The van der Waals surface area contributed by atoms with Gasteiger partial charge in [0.25, 0.3) is 0 Å². The first-order chi connectivity index (χ1) is 16.1. The SMILES string of the molecule is COc1ccc(CN2CC(C(=O)NCc3ccc(CN4CCCCCC4)cc3)CC2=O)cc1. The number of likely N-dealkylation sites (tertiary alicyclic amines) is 2. The Kier molecular flexibility index (Phi) is 8.00. The highest BCUT2D eigenvalue weighted by Crippen LogP contribution is 2.22. The van der Waals surface area contributed by atoms with E-state index < -0.39 is 0 Å². The summed E-state index contributed by atoms with van der Waals surface area (Å²) >= 11 is 0.